The third-order valence-electron chi connectivity index (χ3n) is 8.82. The van der Waals surface area contributed by atoms with Gasteiger partial charge in [0.05, 0.1) is 17.1 Å². The molecule has 39 heavy (non-hydrogen) atoms. The van der Waals surface area contributed by atoms with Gasteiger partial charge in [-0.3, -0.25) is 4.99 Å². The monoisotopic (exact) mass is 701 g/mol. The van der Waals surface area contributed by atoms with Crippen LogP contribution in [0.1, 0.15) is 110 Å². The van der Waals surface area contributed by atoms with E-state index in [0.717, 1.165) is 79.1 Å². The summed E-state index contributed by atoms with van der Waals surface area (Å²) >= 11 is 0. The fourth-order valence-electron chi connectivity index (χ4n) is 6.69. The SMILES string of the molecule is CCC1=C(CC)C2=NC1=Cc1[n-]c(c(CC)c1CC)C=C1N=C(C=C3[N-]C(C2)C(CC)=C3CC)C(C)=C1C.[Pt+2]. The first kappa shape index (κ1) is 29.5. The molecule has 5 rings (SSSR count). The maximum absolute atomic E-state index is 5.33. The van der Waals surface area contributed by atoms with E-state index in [1.807, 2.05) is 0 Å². The molecule has 5 heterocycles. The smallest absolute Gasteiger partial charge is 0.678 e. The number of aliphatic imine (C=N–C) groups is 2. The molecule has 0 N–H and O–H groups in total. The number of fused-ring (bicyclic) bond motifs is 6. The van der Waals surface area contributed by atoms with Gasteiger partial charge in [0.2, 0.25) is 0 Å². The molecule has 1 aromatic heterocycles. The van der Waals surface area contributed by atoms with E-state index in [1.54, 1.807) is 0 Å². The molecule has 0 saturated heterocycles. The van der Waals surface area contributed by atoms with Crippen LogP contribution in [-0.2, 0) is 33.9 Å². The van der Waals surface area contributed by atoms with Crippen LogP contribution in [0.2, 0.25) is 0 Å². The minimum Gasteiger partial charge on any atom is -0.678 e. The van der Waals surface area contributed by atoms with Crippen molar-refractivity contribution < 1.29 is 21.1 Å². The van der Waals surface area contributed by atoms with Crippen molar-refractivity contribution >= 4 is 23.6 Å². The quantitative estimate of drug-likeness (QED) is 0.292. The Kier molecular flexibility index (Phi) is 9.06. The zero-order chi connectivity index (χ0) is 27.1. The van der Waals surface area contributed by atoms with Gasteiger partial charge in [0, 0.05) is 5.71 Å². The van der Waals surface area contributed by atoms with E-state index in [0.29, 0.717) is 0 Å². The maximum atomic E-state index is 5.33. The summed E-state index contributed by atoms with van der Waals surface area (Å²) in [6, 6.07) is 0.149. The average molecular weight is 702 g/mol. The Bertz CT molecular complexity index is 1430. The molecule has 0 aromatic carbocycles. The first-order chi connectivity index (χ1) is 18.4. The van der Waals surface area contributed by atoms with E-state index in [1.165, 1.54) is 50.3 Å². The van der Waals surface area contributed by atoms with Crippen LogP contribution in [-0.4, -0.2) is 17.5 Å². The Hall–Kier alpha value is -2.45. The van der Waals surface area contributed by atoms with Crippen molar-refractivity contribution in [2.45, 2.75) is 106 Å². The summed E-state index contributed by atoms with van der Waals surface area (Å²) in [4.78, 5) is 15.6. The molecule has 0 fully saturated rings. The van der Waals surface area contributed by atoms with E-state index in [4.69, 9.17) is 20.3 Å². The third kappa shape index (κ3) is 4.99. The van der Waals surface area contributed by atoms with E-state index in [9.17, 15) is 0 Å². The summed E-state index contributed by atoms with van der Waals surface area (Å²) in [5.74, 6) is 0. The molecule has 0 radical (unpaired) electrons. The van der Waals surface area contributed by atoms with Gasteiger partial charge < -0.3 is 10.3 Å². The van der Waals surface area contributed by atoms with Gasteiger partial charge in [-0.25, -0.2) is 4.99 Å². The molecule has 1 atom stereocenters. The standard InChI is InChI=1S/C34H42N4.Pt/c1-9-21-23(11-3)31-17-33-25(13-5)26(14-6)34(38-33)18-32-24(12-4)22(10-2)30(37-32)16-28-20(8)19(7)27(35-28)15-29(21)36-31;/h15-17,32H,9-14,18H2,1-8H3;/q-2;+2. The Morgan fingerprint density at radius 1 is 0.692 bits per heavy atom. The Morgan fingerprint density at radius 3 is 1.87 bits per heavy atom. The van der Waals surface area contributed by atoms with Gasteiger partial charge in [-0.05, 0) is 81.1 Å². The van der Waals surface area contributed by atoms with Gasteiger partial charge in [-0.2, -0.15) is 0 Å². The topological polar surface area (TPSA) is 52.9 Å². The molecule has 4 aliphatic rings. The zero-order valence-corrected chi connectivity index (χ0v) is 27.1. The van der Waals surface area contributed by atoms with Crippen LogP contribution in [0.4, 0.5) is 0 Å². The normalized spacial score (nSPS) is 20.5. The van der Waals surface area contributed by atoms with Crippen LogP contribution in [0.3, 0.4) is 0 Å². The van der Waals surface area contributed by atoms with Crippen LogP contribution >= 0.6 is 0 Å². The third-order valence-corrected chi connectivity index (χ3v) is 8.82. The van der Waals surface area contributed by atoms with Gasteiger partial charge in [0.25, 0.3) is 0 Å². The van der Waals surface area contributed by atoms with Crippen molar-refractivity contribution in [2.24, 2.45) is 9.98 Å². The molecular weight excluding hydrogens is 659 g/mol. The molecule has 0 aliphatic carbocycles. The van der Waals surface area contributed by atoms with Gasteiger partial charge >= 0.3 is 21.1 Å². The van der Waals surface area contributed by atoms with Crippen molar-refractivity contribution in [1.82, 2.24) is 4.98 Å². The minimum atomic E-state index is 0. The summed E-state index contributed by atoms with van der Waals surface area (Å²) in [6.07, 6.45) is 13.4. The predicted molar refractivity (Wildman–Crippen MR) is 163 cm³/mol. The Morgan fingerprint density at radius 2 is 1.31 bits per heavy atom. The van der Waals surface area contributed by atoms with Gasteiger partial charge in [0.15, 0.2) is 0 Å². The summed E-state index contributed by atoms with van der Waals surface area (Å²) < 4.78 is 0. The Labute approximate surface area is 249 Å². The molecular formula is C34H42N4Pt. The first-order valence-electron chi connectivity index (χ1n) is 14.7. The van der Waals surface area contributed by atoms with Crippen molar-refractivity contribution in [3.8, 4) is 0 Å². The van der Waals surface area contributed by atoms with Crippen molar-refractivity contribution in [2.75, 3.05) is 0 Å². The van der Waals surface area contributed by atoms with Crippen LogP contribution in [0.5, 0.6) is 0 Å². The first-order valence-corrected chi connectivity index (χ1v) is 14.7. The summed E-state index contributed by atoms with van der Waals surface area (Å²) in [6.45, 7) is 17.9. The summed E-state index contributed by atoms with van der Waals surface area (Å²) in [5.41, 5.74) is 18.4. The van der Waals surface area contributed by atoms with Gasteiger partial charge in [0.1, 0.15) is 0 Å². The number of nitrogens with zero attached hydrogens (tertiary/aromatic N) is 4. The number of rotatable bonds is 6. The molecule has 0 saturated carbocycles. The Balaban J connectivity index is 0.00000353. The molecule has 5 heteroatoms. The van der Waals surface area contributed by atoms with Gasteiger partial charge in [-0.1, -0.05) is 88.1 Å². The van der Waals surface area contributed by atoms with E-state index in [2.05, 4.69) is 73.6 Å². The second kappa shape index (κ2) is 12.0. The van der Waals surface area contributed by atoms with E-state index < -0.39 is 0 Å². The number of hydrogen-bond donors (Lipinski definition) is 0. The molecule has 1 aromatic rings. The number of allylic oxidation sites excluding steroid dienone is 6. The van der Waals surface area contributed by atoms with Crippen LogP contribution in [0.15, 0.2) is 66.6 Å². The minimum absolute atomic E-state index is 0. The number of aromatic nitrogens is 1. The molecule has 1 unspecified atom stereocenters. The van der Waals surface area contributed by atoms with Crippen molar-refractivity contribution in [3.63, 3.8) is 0 Å². The second-order valence-electron chi connectivity index (χ2n) is 10.7. The van der Waals surface area contributed by atoms with Crippen LogP contribution < -0.4 is 4.98 Å². The molecule has 8 bridgehead atoms. The fraction of sp³-hybridized carbons (Fsp3) is 0.471. The van der Waals surface area contributed by atoms with Crippen LogP contribution in [0, 0.1) is 0 Å². The molecule has 0 spiro atoms. The van der Waals surface area contributed by atoms with E-state index >= 15 is 0 Å². The summed E-state index contributed by atoms with van der Waals surface area (Å²) in [5, 5.41) is 5.33. The zero-order valence-electron chi connectivity index (χ0n) is 24.9. The molecule has 4 aliphatic heterocycles. The maximum Gasteiger partial charge on any atom is 2.00 e. The average Bonchev–Trinajstić information content (AvgIpc) is 3.61. The predicted octanol–water partition coefficient (Wildman–Crippen LogP) is 8.97. The molecule has 4 nitrogen and oxygen atoms in total. The summed E-state index contributed by atoms with van der Waals surface area (Å²) in [7, 11) is 0. The second-order valence-corrected chi connectivity index (χ2v) is 10.7. The van der Waals surface area contributed by atoms with Crippen LogP contribution in [0.25, 0.3) is 17.5 Å². The fourth-order valence-corrected chi connectivity index (χ4v) is 6.69. The molecule has 208 valence electrons. The number of hydrogen-bond acceptors (Lipinski definition) is 2. The van der Waals surface area contributed by atoms with Crippen molar-refractivity contribution in [1.29, 1.82) is 0 Å². The van der Waals surface area contributed by atoms with Gasteiger partial charge in [-0.15, -0.1) is 17.1 Å². The molecule has 0 amide bonds. The van der Waals surface area contributed by atoms with Crippen molar-refractivity contribution in [3.05, 3.63) is 84.4 Å². The largest absolute Gasteiger partial charge is 2.00 e. The van der Waals surface area contributed by atoms with E-state index in [-0.39, 0.29) is 27.1 Å².